The molecule has 0 amide bonds. The summed E-state index contributed by atoms with van der Waals surface area (Å²) in [5.41, 5.74) is -0.0149. The van der Waals surface area contributed by atoms with Crippen molar-refractivity contribution in [2.75, 3.05) is 26.7 Å². The van der Waals surface area contributed by atoms with Gasteiger partial charge in [-0.05, 0) is 31.6 Å². The molecule has 2 aliphatic rings. The van der Waals surface area contributed by atoms with Crippen molar-refractivity contribution >= 4 is 5.96 Å². The van der Waals surface area contributed by atoms with Crippen LogP contribution in [0.3, 0.4) is 0 Å². The van der Waals surface area contributed by atoms with Crippen LogP contribution in [0, 0.1) is 5.92 Å². The van der Waals surface area contributed by atoms with E-state index < -0.39 is 0 Å². The molecule has 0 radical (unpaired) electrons. The average Bonchev–Trinajstić information content (AvgIpc) is 3.48. The highest BCUT2D eigenvalue weighted by molar-refractivity contribution is 5.79. The molecule has 0 spiro atoms. The quantitative estimate of drug-likeness (QED) is 0.559. The Morgan fingerprint density at radius 2 is 2.04 bits per heavy atom. The fourth-order valence-corrected chi connectivity index (χ4v) is 2.93. The molecule has 6 nitrogen and oxygen atoms in total. The highest BCUT2D eigenvalue weighted by atomic mass is 16.4. The minimum atomic E-state index is -0.0149. The van der Waals surface area contributed by atoms with Gasteiger partial charge in [-0.15, -0.1) is 0 Å². The van der Waals surface area contributed by atoms with E-state index in [-0.39, 0.29) is 5.41 Å². The molecule has 2 saturated carbocycles. The van der Waals surface area contributed by atoms with Crippen molar-refractivity contribution in [2.45, 2.75) is 64.5 Å². The number of hydrogen-bond acceptors (Lipinski definition) is 4. The van der Waals surface area contributed by atoms with Crippen LogP contribution in [0.25, 0.3) is 0 Å². The van der Waals surface area contributed by atoms with Crippen molar-refractivity contribution in [3.8, 4) is 0 Å². The molecule has 0 atom stereocenters. The molecular weight excluding hydrogens is 314 g/mol. The Balaban J connectivity index is 1.39. The van der Waals surface area contributed by atoms with Gasteiger partial charge in [-0.1, -0.05) is 20.8 Å². The average molecular weight is 348 g/mol. The fraction of sp³-hybridized carbons (Fsp3) is 0.789. The van der Waals surface area contributed by atoms with E-state index in [0.717, 1.165) is 36.8 Å². The molecule has 0 bridgehead atoms. The van der Waals surface area contributed by atoms with E-state index in [2.05, 4.69) is 46.3 Å². The standard InChI is InChI=1S/C19H33N5O/c1-19(2,3)16-11-22-17(25-16)12-23-18(20-4)21-9-10-24(15-7-8-15)13-14-5-6-14/h11,14-15H,5-10,12-13H2,1-4H3,(H2,20,21,23). The van der Waals surface area contributed by atoms with Crippen molar-refractivity contribution in [1.82, 2.24) is 20.5 Å². The lowest BCUT2D eigenvalue weighted by Crippen LogP contribution is -2.42. The molecule has 1 aromatic rings. The molecule has 3 rings (SSSR count). The van der Waals surface area contributed by atoms with E-state index >= 15 is 0 Å². The third-order valence-corrected chi connectivity index (χ3v) is 4.87. The Bertz CT molecular complexity index is 581. The maximum absolute atomic E-state index is 5.81. The van der Waals surface area contributed by atoms with Crippen LogP contribution in [0.4, 0.5) is 0 Å². The molecule has 2 fully saturated rings. The number of oxazole rings is 1. The predicted molar refractivity (Wildman–Crippen MR) is 101 cm³/mol. The van der Waals surface area contributed by atoms with Crippen molar-refractivity contribution < 1.29 is 4.42 Å². The maximum Gasteiger partial charge on any atom is 0.213 e. The first kappa shape index (κ1) is 18.2. The van der Waals surface area contributed by atoms with E-state index in [1.54, 1.807) is 7.05 Å². The highest BCUT2D eigenvalue weighted by Crippen LogP contribution is 2.34. The third kappa shape index (κ3) is 5.73. The molecule has 140 valence electrons. The number of nitrogens with one attached hydrogen (secondary N) is 2. The van der Waals surface area contributed by atoms with Gasteiger partial charge in [0.2, 0.25) is 5.89 Å². The van der Waals surface area contributed by atoms with Crippen LogP contribution in [0.5, 0.6) is 0 Å². The summed E-state index contributed by atoms with van der Waals surface area (Å²) in [4.78, 5) is 11.3. The van der Waals surface area contributed by atoms with Crippen LogP contribution in [0.2, 0.25) is 0 Å². The molecule has 1 heterocycles. The summed E-state index contributed by atoms with van der Waals surface area (Å²) in [6.07, 6.45) is 7.41. The molecule has 2 N–H and O–H groups in total. The largest absolute Gasteiger partial charge is 0.443 e. The predicted octanol–water partition coefficient (Wildman–Crippen LogP) is 2.51. The summed E-state index contributed by atoms with van der Waals surface area (Å²) >= 11 is 0. The van der Waals surface area contributed by atoms with Crippen LogP contribution in [0.1, 0.15) is 58.1 Å². The van der Waals surface area contributed by atoms with Gasteiger partial charge in [0.05, 0.1) is 12.7 Å². The van der Waals surface area contributed by atoms with Gasteiger partial charge in [0, 0.05) is 38.1 Å². The van der Waals surface area contributed by atoms with Gasteiger partial charge in [-0.3, -0.25) is 9.89 Å². The molecular formula is C19H33N5O. The second kappa shape index (κ2) is 7.77. The van der Waals surface area contributed by atoms with E-state index in [9.17, 15) is 0 Å². The first-order valence-electron chi connectivity index (χ1n) is 9.59. The Morgan fingerprint density at radius 3 is 2.60 bits per heavy atom. The summed E-state index contributed by atoms with van der Waals surface area (Å²) in [6, 6.07) is 0.834. The molecule has 0 unspecified atom stereocenters. The van der Waals surface area contributed by atoms with E-state index in [1.807, 2.05) is 6.20 Å². The zero-order chi connectivity index (χ0) is 17.9. The fourth-order valence-electron chi connectivity index (χ4n) is 2.93. The lowest BCUT2D eigenvalue weighted by Gasteiger charge is -2.22. The lowest BCUT2D eigenvalue weighted by atomic mass is 9.94. The van der Waals surface area contributed by atoms with Crippen molar-refractivity contribution in [1.29, 1.82) is 0 Å². The van der Waals surface area contributed by atoms with Gasteiger partial charge in [0.15, 0.2) is 5.96 Å². The lowest BCUT2D eigenvalue weighted by molar-refractivity contribution is 0.256. The SMILES string of the molecule is CN=C(NCCN(CC1CC1)C1CC1)NCc1ncc(C(C)(C)C)o1. The van der Waals surface area contributed by atoms with Crippen LogP contribution in [-0.2, 0) is 12.0 Å². The summed E-state index contributed by atoms with van der Waals surface area (Å²) in [5, 5.41) is 6.70. The first-order chi connectivity index (χ1) is 12.0. The molecule has 1 aromatic heterocycles. The van der Waals surface area contributed by atoms with Gasteiger partial charge in [0.25, 0.3) is 0 Å². The van der Waals surface area contributed by atoms with Gasteiger partial charge in [-0.25, -0.2) is 4.98 Å². The van der Waals surface area contributed by atoms with Gasteiger partial charge >= 0.3 is 0 Å². The van der Waals surface area contributed by atoms with Crippen LogP contribution < -0.4 is 10.6 Å². The third-order valence-electron chi connectivity index (χ3n) is 4.87. The summed E-state index contributed by atoms with van der Waals surface area (Å²) in [5.74, 6) is 3.37. The van der Waals surface area contributed by atoms with E-state index in [0.29, 0.717) is 12.4 Å². The summed E-state index contributed by atoms with van der Waals surface area (Å²) in [6.45, 7) is 10.2. The summed E-state index contributed by atoms with van der Waals surface area (Å²) < 4.78 is 5.81. The molecule has 2 aliphatic carbocycles. The topological polar surface area (TPSA) is 65.7 Å². The van der Waals surface area contributed by atoms with Crippen molar-refractivity contribution in [3.63, 3.8) is 0 Å². The van der Waals surface area contributed by atoms with E-state index in [1.165, 1.54) is 32.2 Å². The number of nitrogens with zero attached hydrogens (tertiary/aromatic N) is 3. The Morgan fingerprint density at radius 1 is 1.28 bits per heavy atom. The van der Waals surface area contributed by atoms with Gasteiger partial charge < -0.3 is 15.1 Å². The van der Waals surface area contributed by atoms with Crippen molar-refractivity contribution in [3.05, 3.63) is 17.8 Å². The molecule has 6 heteroatoms. The van der Waals surface area contributed by atoms with E-state index in [4.69, 9.17) is 4.42 Å². The number of aromatic nitrogens is 1. The Hall–Kier alpha value is -1.56. The number of hydrogen-bond donors (Lipinski definition) is 2. The molecule has 0 aromatic carbocycles. The minimum absolute atomic E-state index is 0.0149. The number of aliphatic imine (C=N–C) groups is 1. The molecule has 25 heavy (non-hydrogen) atoms. The highest BCUT2D eigenvalue weighted by Gasteiger charge is 2.33. The van der Waals surface area contributed by atoms with Crippen molar-refractivity contribution in [2.24, 2.45) is 10.9 Å². The molecule has 0 aliphatic heterocycles. The van der Waals surface area contributed by atoms with Crippen LogP contribution in [0.15, 0.2) is 15.6 Å². The van der Waals surface area contributed by atoms with Gasteiger partial charge in [-0.2, -0.15) is 0 Å². The van der Waals surface area contributed by atoms with Crippen LogP contribution >= 0.6 is 0 Å². The minimum Gasteiger partial charge on any atom is -0.443 e. The maximum atomic E-state index is 5.81. The number of rotatable bonds is 8. The van der Waals surface area contributed by atoms with Gasteiger partial charge in [0.1, 0.15) is 5.76 Å². The molecule has 0 saturated heterocycles. The second-order valence-electron chi connectivity index (χ2n) is 8.39. The zero-order valence-electron chi connectivity index (χ0n) is 16.1. The second-order valence-corrected chi connectivity index (χ2v) is 8.39. The zero-order valence-corrected chi connectivity index (χ0v) is 16.1. The smallest absolute Gasteiger partial charge is 0.213 e. The number of guanidine groups is 1. The Kier molecular flexibility index (Phi) is 5.67. The summed E-state index contributed by atoms with van der Waals surface area (Å²) in [7, 11) is 1.80. The Labute approximate surface area is 151 Å². The van der Waals surface area contributed by atoms with Crippen LogP contribution in [-0.4, -0.2) is 48.6 Å². The monoisotopic (exact) mass is 347 g/mol. The first-order valence-corrected chi connectivity index (χ1v) is 9.59. The normalized spacial score (nSPS) is 18.7.